The fourth-order valence-corrected chi connectivity index (χ4v) is 5.20. The number of nitrogens with one attached hydrogen (secondary N) is 2. The quantitative estimate of drug-likeness (QED) is 0.408. The van der Waals surface area contributed by atoms with Gasteiger partial charge in [-0.1, -0.05) is 48.2 Å². The van der Waals surface area contributed by atoms with E-state index in [-0.39, 0.29) is 23.1 Å². The number of nitrogens with zero attached hydrogens (tertiary/aromatic N) is 2. The van der Waals surface area contributed by atoms with Crippen molar-refractivity contribution in [2.24, 2.45) is 0 Å². The Morgan fingerprint density at radius 2 is 1.84 bits per heavy atom. The first-order chi connectivity index (χ1) is 15.5. The smallest absolute Gasteiger partial charge is 0.268 e. The highest BCUT2D eigenvalue weighted by molar-refractivity contribution is 8.00. The van der Waals surface area contributed by atoms with Crippen LogP contribution in [0.25, 0.3) is 0 Å². The number of aromatic nitrogens is 2. The third-order valence-corrected chi connectivity index (χ3v) is 6.81. The molecule has 7 nitrogen and oxygen atoms in total. The van der Waals surface area contributed by atoms with Gasteiger partial charge in [-0.2, -0.15) is 0 Å². The Morgan fingerprint density at radius 1 is 1.09 bits per heavy atom. The van der Waals surface area contributed by atoms with Crippen LogP contribution in [0.1, 0.15) is 18.2 Å². The lowest BCUT2D eigenvalue weighted by Crippen LogP contribution is -2.26. The fourth-order valence-electron chi connectivity index (χ4n) is 3.34. The second kappa shape index (κ2) is 10.1. The zero-order valence-electron chi connectivity index (χ0n) is 17.5. The first-order valence-corrected chi connectivity index (χ1v) is 12.1. The van der Waals surface area contributed by atoms with Crippen LogP contribution in [0, 0.1) is 0 Å². The highest BCUT2D eigenvalue weighted by Gasteiger charge is 2.22. The molecule has 4 rings (SSSR count). The Bertz CT molecular complexity index is 1210. The van der Waals surface area contributed by atoms with Crippen molar-refractivity contribution in [3.8, 4) is 0 Å². The molecule has 0 bridgehead atoms. The summed E-state index contributed by atoms with van der Waals surface area (Å²) in [4.78, 5) is 42.3. The predicted molar refractivity (Wildman–Crippen MR) is 129 cm³/mol. The first-order valence-electron chi connectivity index (χ1n) is 10.1. The Kier molecular flexibility index (Phi) is 6.96. The molecule has 164 valence electrons. The molecule has 2 amide bonds. The molecule has 3 aromatic rings. The second-order valence-electron chi connectivity index (χ2n) is 7.24. The van der Waals surface area contributed by atoms with Gasteiger partial charge in [0.2, 0.25) is 11.8 Å². The lowest BCUT2D eigenvalue weighted by molar-refractivity contribution is -0.114. The number of thioether (sulfide) groups is 2. The van der Waals surface area contributed by atoms with Gasteiger partial charge in [-0.25, -0.2) is 4.98 Å². The summed E-state index contributed by atoms with van der Waals surface area (Å²) < 4.78 is 1.65. The summed E-state index contributed by atoms with van der Waals surface area (Å²) in [5.41, 5.74) is 2.96. The molecule has 1 aliphatic heterocycles. The van der Waals surface area contributed by atoms with Gasteiger partial charge in [-0.3, -0.25) is 19.0 Å². The van der Waals surface area contributed by atoms with Gasteiger partial charge in [-0.05, 0) is 23.8 Å². The summed E-state index contributed by atoms with van der Waals surface area (Å²) in [5, 5.41) is 6.07. The molecule has 2 heterocycles. The summed E-state index contributed by atoms with van der Waals surface area (Å²) >= 11 is 2.79. The molecule has 0 aliphatic carbocycles. The third-order valence-electron chi connectivity index (χ3n) is 4.73. The van der Waals surface area contributed by atoms with Gasteiger partial charge < -0.3 is 10.6 Å². The van der Waals surface area contributed by atoms with E-state index in [0.29, 0.717) is 28.0 Å². The van der Waals surface area contributed by atoms with E-state index in [4.69, 9.17) is 4.98 Å². The van der Waals surface area contributed by atoms with Crippen LogP contribution in [0.2, 0.25) is 0 Å². The molecule has 0 radical (unpaired) electrons. The Labute approximate surface area is 194 Å². The van der Waals surface area contributed by atoms with Crippen molar-refractivity contribution in [2.75, 3.05) is 22.1 Å². The number of rotatable bonds is 7. The molecule has 9 heteroatoms. The normalized spacial score (nSPS) is 12.3. The van der Waals surface area contributed by atoms with Gasteiger partial charge in [0.05, 0.1) is 22.9 Å². The van der Waals surface area contributed by atoms with Gasteiger partial charge in [-0.15, -0.1) is 11.8 Å². The minimum Gasteiger partial charge on any atom is -0.326 e. The number of carbonyl (C=O) groups excluding carboxylic acids is 2. The molecular weight excluding hydrogens is 444 g/mol. The first kappa shape index (κ1) is 22.2. The van der Waals surface area contributed by atoms with Crippen molar-refractivity contribution in [1.82, 2.24) is 9.55 Å². The molecule has 32 heavy (non-hydrogen) atoms. The van der Waals surface area contributed by atoms with Gasteiger partial charge >= 0.3 is 0 Å². The van der Waals surface area contributed by atoms with E-state index in [1.807, 2.05) is 30.3 Å². The number of benzene rings is 2. The summed E-state index contributed by atoms with van der Waals surface area (Å²) in [6, 6.07) is 16.7. The molecule has 2 N–H and O–H groups in total. The van der Waals surface area contributed by atoms with Crippen LogP contribution < -0.4 is 16.2 Å². The molecule has 0 fully saturated rings. The molecular formula is C23H22N4O3S2. The van der Waals surface area contributed by atoms with Crippen molar-refractivity contribution in [3.63, 3.8) is 0 Å². The molecule has 1 aromatic heterocycles. The van der Waals surface area contributed by atoms with Crippen molar-refractivity contribution >= 4 is 46.7 Å². The second-order valence-corrected chi connectivity index (χ2v) is 9.29. The lowest BCUT2D eigenvalue weighted by Gasteiger charge is -2.14. The van der Waals surface area contributed by atoms with Gasteiger partial charge in [0.15, 0.2) is 5.16 Å². The zero-order valence-corrected chi connectivity index (χ0v) is 19.1. The maximum atomic E-state index is 13.1. The number of amides is 2. The van der Waals surface area contributed by atoms with Crippen LogP contribution >= 0.6 is 23.5 Å². The molecule has 2 aromatic carbocycles. The molecule has 0 spiro atoms. The number of hydrogen-bond acceptors (Lipinski definition) is 6. The molecule has 0 atom stereocenters. The number of carbonyl (C=O) groups is 2. The standard InChI is InChI=1S/C23H22N4O3S2/c1-15(28)24-17-8-5-9-18(12-17)25-20(29)14-32-23-26-19-10-11-31-21(19)22(30)27(23)13-16-6-3-2-4-7-16/h2-9,12H,10-11,13-14H2,1H3,(H,24,28)(H,25,29). The van der Waals surface area contributed by atoms with Crippen LogP contribution in [-0.2, 0) is 22.6 Å². The SMILES string of the molecule is CC(=O)Nc1cccc(NC(=O)CSc2nc3c(c(=O)n2Cc2ccccc2)SCC3)c1. The van der Waals surface area contributed by atoms with Gasteiger partial charge in [0, 0.05) is 30.5 Å². The van der Waals surface area contributed by atoms with E-state index in [1.165, 1.54) is 18.7 Å². The Morgan fingerprint density at radius 3 is 2.59 bits per heavy atom. The summed E-state index contributed by atoms with van der Waals surface area (Å²) in [7, 11) is 0. The van der Waals surface area contributed by atoms with Crippen LogP contribution in [-0.4, -0.2) is 32.9 Å². The minimum atomic E-state index is -0.217. The van der Waals surface area contributed by atoms with Crippen LogP contribution in [0.15, 0.2) is 69.4 Å². The van der Waals surface area contributed by atoms with E-state index in [0.717, 1.165) is 23.4 Å². The number of anilines is 2. The van der Waals surface area contributed by atoms with E-state index in [2.05, 4.69) is 10.6 Å². The monoisotopic (exact) mass is 466 g/mol. The largest absolute Gasteiger partial charge is 0.326 e. The number of fused-ring (bicyclic) bond motifs is 1. The Hall–Kier alpha value is -3.04. The summed E-state index contributed by atoms with van der Waals surface area (Å²) in [5.74, 6) is 0.561. The van der Waals surface area contributed by atoms with E-state index in [9.17, 15) is 14.4 Å². The predicted octanol–water partition coefficient (Wildman–Crippen LogP) is 3.63. The van der Waals surface area contributed by atoms with Crippen LogP contribution in [0.5, 0.6) is 0 Å². The van der Waals surface area contributed by atoms with Crippen molar-refractivity contribution in [3.05, 3.63) is 76.2 Å². The average Bonchev–Trinajstić information content (AvgIpc) is 3.24. The lowest BCUT2D eigenvalue weighted by atomic mass is 10.2. The maximum absolute atomic E-state index is 13.1. The molecule has 1 aliphatic rings. The molecule has 0 saturated carbocycles. The van der Waals surface area contributed by atoms with E-state index >= 15 is 0 Å². The highest BCUT2D eigenvalue weighted by atomic mass is 32.2. The van der Waals surface area contributed by atoms with E-state index in [1.54, 1.807) is 40.6 Å². The van der Waals surface area contributed by atoms with Crippen molar-refractivity contribution < 1.29 is 9.59 Å². The maximum Gasteiger partial charge on any atom is 0.268 e. The molecule has 0 unspecified atom stereocenters. The summed E-state index contributed by atoms with van der Waals surface area (Å²) in [6.45, 7) is 1.84. The van der Waals surface area contributed by atoms with Crippen LogP contribution in [0.3, 0.4) is 0 Å². The van der Waals surface area contributed by atoms with Gasteiger partial charge in [0.25, 0.3) is 5.56 Å². The number of hydrogen-bond donors (Lipinski definition) is 2. The number of aryl methyl sites for hydroxylation is 1. The van der Waals surface area contributed by atoms with Crippen LogP contribution in [0.4, 0.5) is 11.4 Å². The third kappa shape index (κ3) is 5.41. The topological polar surface area (TPSA) is 93.1 Å². The fraction of sp³-hybridized carbons (Fsp3) is 0.217. The Balaban J connectivity index is 1.50. The highest BCUT2D eigenvalue weighted by Crippen LogP contribution is 2.29. The summed E-state index contributed by atoms with van der Waals surface area (Å²) in [6.07, 6.45) is 0.761. The van der Waals surface area contributed by atoms with E-state index < -0.39 is 0 Å². The van der Waals surface area contributed by atoms with Crippen molar-refractivity contribution in [1.29, 1.82) is 0 Å². The molecule has 0 saturated heterocycles. The minimum absolute atomic E-state index is 0.0488. The van der Waals surface area contributed by atoms with Crippen molar-refractivity contribution in [2.45, 2.75) is 29.9 Å². The zero-order chi connectivity index (χ0) is 22.5. The van der Waals surface area contributed by atoms with Gasteiger partial charge in [0.1, 0.15) is 0 Å². The average molecular weight is 467 g/mol.